The molecule has 6 nitrogen and oxygen atoms in total. The summed E-state index contributed by atoms with van der Waals surface area (Å²) in [6, 6.07) is 21.4. The molecule has 0 aliphatic heterocycles. The average molecular weight is 378 g/mol. The fourth-order valence-electron chi connectivity index (χ4n) is 2.77. The van der Waals surface area contributed by atoms with Crippen LogP contribution >= 0.6 is 0 Å². The van der Waals surface area contributed by atoms with Gasteiger partial charge < -0.3 is 0 Å². The van der Waals surface area contributed by atoms with Crippen LogP contribution in [0.25, 0.3) is 16.7 Å². The topological polar surface area (TPSA) is 76.9 Å². The molecule has 136 valence electrons. The summed E-state index contributed by atoms with van der Waals surface area (Å²) in [6.45, 7) is 2.10. The molecule has 0 unspecified atom stereocenters. The lowest BCUT2D eigenvalue weighted by Gasteiger charge is -2.07. The van der Waals surface area contributed by atoms with Crippen molar-refractivity contribution in [1.82, 2.24) is 15.0 Å². The van der Waals surface area contributed by atoms with Crippen LogP contribution in [0.2, 0.25) is 0 Å². The van der Waals surface area contributed by atoms with Gasteiger partial charge in [-0.05, 0) is 54.4 Å². The largest absolute Gasteiger partial charge is 0.280 e. The van der Waals surface area contributed by atoms with Gasteiger partial charge in [0, 0.05) is 0 Å². The van der Waals surface area contributed by atoms with Gasteiger partial charge in [0.2, 0.25) is 0 Å². The van der Waals surface area contributed by atoms with Crippen molar-refractivity contribution in [2.75, 3.05) is 4.72 Å². The highest BCUT2D eigenvalue weighted by molar-refractivity contribution is 7.92. The number of sulfonamides is 1. The predicted octanol–water partition coefficient (Wildman–Crippen LogP) is 3.78. The molecule has 0 atom stereocenters. The highest BCUT2D eigenvalue weighted by atomic mass is 32.2. The third kappa shape index (κ3) is 3.54. The van der Waals surface area contributed by atoms with Gasteiger partial charge in [0.1, 0.15) is 11.0 Å². The molecule has 27 heavy (non-hydrogen) atoms. The van der Waals surface area contributed by atoms with Crippen molar-refractivity contribution in [2.24, 2.45) is 0 Å². The zero-order valence-electron chi connectivity index (χ0n) is 14.7. The third-order valence-electron chi connectivity index (χ3n) is 4.26. The summed E-state index contributed by atoms with van der Waals surface area (Å²) in [5, 5.41) is 8.94. The standard InChI is InChI=1S/C20H18N4O2S/c1-2-15-8-11-17(12-9-15)24-21-19-13-10-16(14-20(19)22-24)23-27(25,26)18-6-4-3-5-7-18/h3-14,23H,2H2,1H3. The highest BCUT2D eigenvalue weighted by Gasteiger charge is 2.14. The Hall–Kier alpha value is -3.19. The number of anilines is 1. The van der Waals surface area contributed by atoms with Crippen LogP contribution < -0.4 is 4.72 Å². The van der Waals surface area contributed by atoms with Crippen molar-refractivity contribution >= 4 is 26.7 Å². The van der Waals surface area contributed by atoms with Crippen molar-refractivity contribution in [3.8, 4) is 5.69 Å². The summed E-state index contributed by atoms with van der Waals surface area (Å²) in [6.07, 6.45) is 0.972. The Kier molecular flexibility index (Phi) is 4.37. The molecule has 0 saturated carbocycles. The fourth-order valence-corrected chi connectivity index (χ4v) is 3.84. The van der Waals surface area contributed by atoms with E-state index in [1.807, 2.05) is 24.3 Å². The van der Waals surface area contributed by atoms with E-state index in [2.05, 4.69) is 21.8 Å². The molecule has 0 radical (unpaired) electrons. The summed E-state index contributed by atoms with van der Waals surface area (Å²) in [4.78, 5) is 1.77. The summed E-state index contributed by atoms with van der Waals surface area (Å²) in [5.41, 5.74) is 3.85. The smallest absolute Gasteiger partial charge is 0.261 e. The van der Waals surface area contributed by atoms with Gasteiger partial charge in [-0.15, -0.1) is 10.2 Å². The van der Waals surface area contributed by atoms with Gasteiger partial charge in [0.25, 0.3) is 10.0 Å². The SMILES string of the molecule is CCc1ccc(-n2nc3ccc(NS(=O)(=O)c4ccccc4)cc3n2)cc1. The van der Waals surface area contributed by atoms with E-state index in [-0.39, 0.29) is 4.90 Å². The highest BCUT2D eigenvalue weighted by Crippen LogP contribution is 2.21. The molecule has 0 aliphatic carbocycles. The van der Waals surface area contributed by atoms with Crippen molar-refractivity contribution in [1.29, 1.82) is 0 Å². The minimum Gasteiger partial charge on any atom is -0.280 e. The van der Waals surface area contributed by atoms with Crippen molar-refractivity contribution in [2.45, 2.75) is 18.2 Å². The molecule has 0 fully saturated rings. The van der Waals surface area contributed by atoms with Crippen molar-refractivity contribution in [3.05, 3.63) is 78.4 Å². The van der Waals surface area contributed by atoms with E-state index < -0.39 is 10.0 Å². The second kappa shape index (κ2) is 6.85. The number of hydrogen-bond acceptors (Lipinski definition) is 4. The Morgan fingerprint density at radius 3 is 2.30 bits per heavy atom. The number of benzene rings is 3. The predicted molar refractivity (Wildman–Crippen MR) is 105 cm³/mol. The second-order valence-corrected chi connectivity index (χ2v) is 7.81. The number of aryl methyl sites for hydroxylation is 1. The van der Waals surface area contributed by atoms with E-state index in [0.717, 1.165) is 12.1 Å². The van der Waals surface area contributed by atoms with Crippen LogP contribution in [0.4, 0.5) is 5.69 Å². The third-order valence-corrected chi connectivity index (χ3v) is 5.66. The first-order valence-electron chi connectivity index (χ1n) is 8.59. The van der Waals surface area contributed by atoms with Crippen LogP contribution in [-0.4, -0.2) is 23.4 Å². The minimum absolute atomic E-state index is 0.213. The number of fused-ring (bicyclic) bond motifs is 1. The molecule has 4 rings (SSSR count). The number of hydrogen-bond donors (Lipinski definition) is 1. The molecule has 0 saturated heterocycles. The van der Waals surface area contributed by atoms with Gasteiger partial charge in [-0.25, -0.2) is 8.42 Å². The van der Waals surface area contributed by atoms with E-state index in [1.54, 1.807) is 53.3 Å². The molecule has 1 aromatic heterocycles. The van der Waals surface area contributed by atoms with Crippen LogP contribution in [0.15, 0.2) is 77.7 Å². The van der Waals surface area contributed by atoms with Crippen molar-refractivity contribution < 1.29 is 8.42 Å². The summed E-state index contributed by atoms with van der Waals surface area (Å²) < 4.78 is 27.5. The monoisotopic (exact) mass is 378 g/mol. The Balaban J connectivity index is 1.64. The Morgan fingerprint density at radius 2 is 1.59 bits per heavy atom. The molecular weight excluding hydrogens is 360 g/mol. The first kappa shape index (κ1) is 17.2. The summed E-state index contributed by atoms with van der Waals surface area (Å²) in [7, 11) is -3.64. The van der Waals surface area contributed by atoms with E-state index in [1.165, 1.54) is 5.56 Å². The van der Waals surface area contributed by atoms with Gasteiger partial charge in [0.15, 0.2) is 0 Å². The molecule has 3 aromatic carbocycles. The van der Waals surface area contributed by atoms with Crippen molar-refractivity contribution in [3.63, 3.8) is 0 Å². The molecular formula is C20H18N4O2S. The van der Waals surface area contributed by atoms with Gasteiger partial charge in [-0.3, -0.25) is 4.72 Å². The van der Waals surface area contributed by atoms with Gasteiger partial charge in [0.05, 0.1) is 16.3 Å². The Labute approximate surface area is 157 Å². The molecule has 0 aliphatic rings. The normalized spacial score (nSPS) is 11.6. The lowest BCUT2D eigenvalue weighted by molar-refractivity contribution is 0.601. The first-order valence-corrected chi connectivity index (χ1v) is 10.1. The fraction of sp³-hybridized carbons (Fsp3) is 0.100. The average Bonchev–Trinajstić information content (AvgIpc) is 3.12. The number of nitrogens with one attached hydrogen (secondary N) is 1. The summed E-state index contributed by atoms with van der Waals surface area (Å²) >= 11 is 0. The number of nitrogens with zero attached hydrogens (tertiary/aromatic N) is 3. The molecule has 4 aromatic rings. The van der Waals surface area contributed by atoms with Crippen LogP contribution in [0.5, 0.6) is 0 Å². The molecule has 1 N–H and O–H groups in total. The zero-order chi connectivity index (χ0) is 18.9. The number of rotatable bonds is 5. The first-order chi connectivity index (χ1) is 13.0. The zero-order valence-corrected chi connectivity index (χ0v) is 15.5. The molecule has 7 heteroatoms. The van der Waals surface area contributed by atoms with Gasteiger partial charge >= 0.3 is 0 Å². The maximum absolute atomic E-state index is 12.5. The molecule has 0 spiro atoms. The molecule has 1 heterocycles. The Morgan fingerprint density at radius 1 is 0.889 bits per heavy atom. The second-order valence-electron chi connectivity index (χ2n) is 6.13. The maximum atomic E-state index is 12.5. The van der Waals surface area contributed by atoms with Crippen LogP contribution in [0, 0.1) is 0 Å². The quantitative estimate of drug-likeness (QED) is 0.573. The lowest BCUT2D eigenvalue weighted by Crippen LogP contribution is -2.12. The van der Waals surface area contributed by atoms with Gasteiger partial charge in [-0.2, -0.15) is 4.80 Å². The van der Waals surface area contributed by atoms with Crippen LogP contribution in [0.3, 0.4) is 0 Å². The van der Waals surface area contributed by atoms with E-state index in [9.17, 15) is 8.42 Å². The minimum atomic E-state index is -3.64. The van der Waals surface area contributed by atoms with Gasteiger partial charge in [-0.1, -0.05) is 37.3 Å². The van der Waals surface area contributed by atoms with Crippen LogP contribution in [-0.2, 0) is 16.4 Å². The van der Waals surface area contributed by atoms with E-state index >= 15 is 0 Å². The summed E-state index contributed by atoms with van der Waals surface area (Å²) in [5.74, 6) is 0. The van der Waals surface area contributed by atoms with E-state index in [0.29, 0.717) is 16.7 Å². The van der Waals surface area contributed by atoms with Crippen LogP contribution in [0.1, 0.15) is 12.5 Å². The number of aromatic nitrogens is 3. The Bertz CT molecular complexity index is 1180. The lowest BCUT2D eigenvalue weighted by atomic mass is 10.2. The molecule has 0 bridgehead atoms. The van der Waals surface area contributed by atoms with E-state index in [4.69, 9.17) is 0 Å². The maximum Gasteiger partial charge on any atom is 0.261 e. The molecule has 0 amide bonds.